The fraction of sp³-hybridized carbons (Fsp3) is 0.526. The van der Waals surface area contributed by atoms with Crippen molar-refractivity contribution < 1.29 is 9.13 Å². The van der Waals surface area contributed by atoms with Gasteiger partial charge in [0.25, 0.3) is 0 Å². The summed E-state index contributed by atoms with van der Waals surface area (Å²) in [5, 5.41) is 6.75. The number of halogens is 2. The van der Waals surface area contributed by atoms with Crippen LogP contribution in [0.3, 0.4) is 0 Å². The third-order valence-electron chi connectivity index (χ3n) is 4.23. The van der Waals surface area contributed by atoms with Gasteiger partial charge >= 0.3 is 0 Å². The van der Waals surface area contributed by atoms with Gasteiger partial charge in [-0.05, 0) is 31.9 Å². The number of guanidine groups is 1. The van der Waals surface area contributed by atoms with Gasteiger partial charge in [0.05, 0.1) is 6.54 Å². The third-order valence-corrected chi connectivity index (χ3v) is 4.23. The molecule has 0 saturated carbocycles. The van der Waals surface area contributed by atoms with E-state index in [1.807, 2.05) is 13.0 Å². The number of hydrogen-bond acceptors (Lipinski definition) is 3. The predicted octanol–water partition coefficient (Wildman–Crippen LogP) is 3.03. The quantitative estimate of drug-likeness (QED) is 0.275. The van der Waals surface area contributed by atoms with E-state index >= 15 is 0 Å². The molecule has 1 fully saturated rings. The van der Waals surface area contributed by atoms with E-state index in [2.05, 4.69) is 27.1 Å². The molecule has 2 N–H and O–H groups in total. The van der Waals surface area contributed by atoms with Crippen molar-refractivity contribution in [3.8, 4) is 5.75 Å². The van der Waals surface area contributed by atoms with Crippen molar-refractivity contribution in [2.45, 2.75) is 31.9 Å². The number of piperidine rings is 1. The molecule has 2 rings (SSSR count). The summed E-state index contributed by atoms with van der Waals surface area (Å²) in [6, 6.07) is 6.61. The molecular weight excluding hydrogens is 446 g/mol. The van der Waals surface area contributed by atoms with Crippen LogP contribution in [0.5, 0.6) is 5.75 Å². The summed E-state index contributed by atoms with van der Waals surface area (Å²) in [6.45, 7) is 9.42. The highest BCUT2D eigenvalue weighted by molar-refractivity contribution is 14.0. The highest BCUT2D eigenvalue weighted by Gasteiger charge is 2.19. The lowest BCUT2D eigenvalue weighted by Gasteiger charge is -2.32. The lowest BCUT2D eigenvalue weighted by molar-refractivity contribution is 0.218. The Morgan fingerprint density at radius 2 is 2.19 bits per heavy atom. The molecule has 1 unspecified atom stereocenters. The highest BCUT2D eigenvalue weighted by atomic mass is 127. The fourth-order valence-corrected chi connectivity index (χ4v) is 2.89. The van der Waals surface area contributed by atoms with Gasteiger partial charge in [-0.3, -0.25) is 9.89 Å². The van der Waals surface area contributed by atoms with Crippen LogP contribution in [0.4, 0.5) is 4.39 Å². The van der Waals surface area contributed by atoms with Gasteiger partial charge in [0.15, 0.2) is 5.96 Å². The average Bonchev–Trinajstić information content (AvgIpc) is 2.60. The van der Waals surface area contributed by atoms with Crippen molar-refractivity contribution in [3.05, 3.63) is 42.7 Å². The lowest BCUT2D eigenvalue weighted by Crippen LogP contribution is -2.50. The minimum atomic E-state index is -0.294. The van der Waals surface area contributed by atoms with Crippen molar-refractivity contribution in [2.24, 2.45) is 4.99 Å². The monoisotopic (exact) mass is 476 g/mol. The Labute approximate surface area is 173 Å². The van der Waals surface area contributed by atoms with Crippen LogP contribution in [-0.2, 0) is 0 Å². The maximum absolute atomic E-state index is 13.2. The zero-order valence-electron chi connectivity index (χ0n) is 15.6. The zero-order valence-corrected chi connectivity index (χ0v) is 17.9. The van der Waals surface area contributed by atoms with Crippen LogP contribution in [-0.4, -0.2) is 56.2 Å². The molecule has 1 aliphatic rings. The summed E-state index contributed by atoms with van der Waals surface area (Å²) < 4.78 is 18.9. The van der Waals surface area contributed by atoms with Gasteiger partial charge in [0, 0.05) is 38.8 Å². The molecule has 0 amide bonds. The number of likely N-dealkylation sites (tertiary alicyclic amines) is 1. The van der Waals surface area contributed by atoms with Crippen LogP contribution in [0, 0.1) is 5.82 Å². The van der Waals surface area contributed by atoms with Gasteiger partial charge in [-0.1, -0.05) is 12.1 Å². The molecule has 26 heavy (non-hydrogen) atoms. The standard InChI is InChI=1S/C19H29FN4O.HI/c1-4-10-24-11-8-17(9-12-24)23-19(21-3)22-14-15(2)25-18-7-5-6-16(20)13-18;/h4-7,13,15,17H,1,8-12,14H2,2-3H3,(H2,21,22,23);1H. The Kier molecular flexibility index (Phi) is 10.6. The molecule has 1 atom stereocenters. The van der Waals surface area contributed by atoms with Crippen molar-refractivity contribution >= 4 is 29.9 Å². The molecule has 1 aromatic carbocycles. The smallest absolute Gasteiger partial charge is 0.191 e. The van der Waals surface area contributed by atoms with Crippen molar-refractivity contribution in [2.75, 3.05) is 33.2 Å². The first-order valence-electron chi connectivity index (χ1n) is 8.83. The van der Waals surface area contributed by atoms with E-state index in [-0.39, 0.29) is 35.9 Å². The number of benzene rings is 1. The molecule has 1 saturated heterocycles. The summed E-state index contributed by atoms with van der Waals surface area (Å²) >= 11 is 0. The number of rotatable bonds is 7. The number of nitrogens with one attached hydrogen (secondary N) is 2. The lowest BCUT2D eigenvalue weighted by atomic mass is 10.1. The van der Waals surface area contributed by atoms with Crippen molar-refractivity contribution in [3.63, 3.8) is 0 Å². The zero-order chi connectivity index (χ0) is 18.1. The number of nitrogens with zero attached hydrogens (tertiary/aromatic N) is 2. The van der Waals surface area contributed by atoms with Crippen LogP contribution in [0.2, 0.25) is 0 Å². The summed E-state index contributed by atoms with van der Waals surface area (Å²) in [6.07, 6.45) is 4.02. The molecule has 0 aromatic heterocycles. The van der Waals surface area contributed by atoms with Crippen LogP contribution < -0.4 is 15.4 Å². The molecule has 0 radical (unpaired) electrons. The van der Waals surface area contributed by atoms with E-state index in [1.54, 1.807) is 19.2 Å². The molecular formula is C19H30FIN4O. The van der Waals surface area contributed by atoms with E-state index in [1.165, 1.54) is 12.1 Å². The summed E-state index contributed by atoms with van der Waals surface area (Å²) in [5.74, 6) is 1.02. The van der Waals surface area contributed by atoms with Gasteiger partial charge < -0.3 is 15.4 Å². The third kappa shape index (κ3) is 7.90. The Morgan fingerprint density at radius 3 is 2.81 bits per heavy atom. The molecule has 5 nitrogen and oxygen atoms in total. The second-order valence-corrected chi connectivity index (χ2v) is 6.35. The van der Waals surface area contributed by atoms with Gasteiger partial charge in [-0.25, -0.2) is 4.39 Å². The van der Waals surface area contributed by atoms with E-state index in [0.29, 0.717) is 18.3 Å². The number of aliphatic imine (C=N–C) groups is 1. The van der Waals surface area contributed by atoms with E-state index in [4.69, 9.17) is 4.74 Å². The minimum absolute atomic E-state index is 0. The van der Waals surface area contributed by atoms with Gasteiger partial charge in [0.2, 0.25) is 0 Å². The van der Waals surface area contributed by atoms with Gasteiger partial charge in [0.1, 0.15) is 17.7 Å². The topological polar surface area (TPSA) is 48.9 Å². The van der Waals surface area contributed by atoms with Crippen LogP contribution in [0.25, 0.3) is 0 Å². The molecule has 1 aliphatic heterocycles. The Bertz CT molecular complexity index is 576. The SMILES string of the molecule is C=CCN1CCC(NC(=NC)NCC(C)Oc2cccc(F)c2)CC1.I. The minimum Gasteiger partial charge on any atom is -0.489 e. The van der Waals surface area contributed by atoms with E-state index in [0.717, 1.165) is 38.4 Å². The fourth-order valence-electron chi connectivity index (χ4n) is 2.89. The largest absolute Gasteiger partial charge is 0.489 e. The van der Waals surface area contributed by atoms with Gasteiger partial charge in [-0.2, -0.15) is 0 Å². The van der Waals surface area contributed by atoms with Crippen molar-refractivity contribution in [1.29, 1.82) is 0 Å². The maximum Gasteiger partial charge on any atom is 0.191 e. The first kappa shape index (κ1) is 22.7. The first-order chi connectivity index (χ1) is 12.1. The second-order valence-electron chi connectivity index (χ2n) is 6.35. The van der Waals surface area contributed by atoms with Crippen molar-refractivity contribution in [1.82, 2.24) is 15.5 Å². The molecule has 0 aliphatic carbocycles. The molecule has 1 aromatic rings. The van der Waals surface area contributed by atoms with E-state index < -0.39 is 0 Å². The first-order valence-corrected chi connectivity index (χ1v) is 8.83. The van der Waals surface area contributed by atoms with Gasteiger partial charge in [-0.15, -0.1) is 30.6 Å². The Balaban J connectivity index is 0.00000338. The average molecular weight is 476 g/mol. The second kappa shape index (κ2) is 12.1. The summed E-state index contributed by atoms with van der Waals surface area (Å²) in [5.41, 5.74) is 0. The van der Waals surface area contributed by atoms with Crippen LogP contribution >= 0.6 is 24.0 Å². The summed E-state index contributed by atoms with van der Waals surface area (Å²) in [4.78, 5) is 6.68. The number of hydrogen-bond donors (Lipinski definition) is 2. The van der Waals surface area contributed by atoms with Crippen LogP contribution in [0.15, 0.2) is 41.9 Å². The highest BCUT2D eigenvalue weighted by Crippen LogP contribution is 2.13. The summed E-state index contributed by atoms with van der Waals surface area (Å²) in [7, 11) is 1.76. The molecule has 7 heteroatoms. The van der Waals surface area contributed by atoms with Crippen LogP contribution in [0.1, 0.15) is 19.8 Å². The van der Waals surface area contributed by atoms with E-state index in [9.17, 15) is 4.39 Å². The molecule has 0 spiro atoms. The molecule has 146 valence electrons. The molecule has 1 heterocycles. The Hall–Kier alpha value is -1.35. The predicted molar refractivity (Wildman–Crippen MR) is 116 cm³/mol. The maximum atomic E-state index is 13.2. The molecule has 0 bridgehead atoms. The Morgan fingerprint density at radius 1 is 1.46 bits per heavy atom. The normalized spacial score (nSPS) is 17.1. The number of ether oxygens (including phenoxy) is 1.